The van der Waals surface area contributed by atoms with E-state index < -0.39 is 7.65 Å². The Labute approximate surface area is 91.6 Å². The normalized spacial score (nSPS) is 41.8. The van der Waals surface area contributed by atoms with Crippen molar-refractivity contribution in [3.8, 4) is 0 Å². The largest absolute Gasteiger partial charge is 0.323 e. The van der Waals surface area contributed by atoms with Gasteiger partial charge in [0, 0.05) is 12.6 Å². The standard InChI is InChI=1S/C10H17ClNOP/c11-14-12-8-4-1-5-9(12)10(13-14)6-2-3-7-10/h9H,1-8H2/t9-,14?/m0/s1. The zero-order valence-electron chi connectivity index (χ0n) is 8.41. The molecular formula is C10H17ClNOP. The van der Waals surface area contributed by atoms with Crippen LogP contribution >= 0.6 is 18.9 Å². The zero-order chi connectivity index (χ0) is 9.60. The van der Waals surface area contributed by atoms with Crippen molar-refractivity contribution < 1.29 is 4.52 Å². The van der Waals surface area contributed by atoms with Gasteiger partial charge in [-0.1, -0.05) is 19.3 Å². The SMILES string of the molecule is ClP1OC2(CCCC2)[C@@H]2CCCCN21. The van der Waals surface area contributed by atoms with Crippen molar-refractivity contribution >= 4 is 18.9 Å². The third kappa shape index (κ3) is 1.35. The van der Waals surface area contributed by atoms with Crippen molar-refractivity contribution in [3.63, 3.8) is 0 Å². The summed E-state index contributed by atoms with van der Waals surface area (Å²) >= 11 is 6.32. The van der Waals surface area contributed by atoms with E-state index in [2.05, 4.69) is 4.67 Å². The number of fused-ring (bicyclic) bond motifs is 2. The van der Waals surface area contributed by atoms with Crippen molar-refractivity contribution in [2.75, 3.05) is 6.54 Å². The van der Waals surface area contributed by atoms with Crippen LogP contribution in [0.4, 0.5) is 0 Å². The van der Waals surface area contributed by atoms with Crippen LogP contribution in [0.3, 0.4) is 0 Å². The van der Waals surface area contributed by atoms with Crippen molar-refractivity contribution in [2.24, 2.45) is 0 Å². The van der Waals surface area contributed by atoms with Crippen LogP contribution in [0.25, 0.3) is 0 Å². The first-order valence-electron chi connectivity index (χ1n) is 5.73. The van der Waals surface area contributed by atoms with Gasteiger partial charge in [0.15, 0.2) is 0 Å². The second-order valence-corrected chi connectivity index (χ2v) is 6.78. The maximum absolute atomic E-state index is 6.32. The van der Waals surface area contributed by atoms with E-state index in [9.17, 15) is 0 Å². The Hall–Kier alpha value is 0.640. The van der Waals surface area contributed by atoms with Gasteiger partial charge in [0.05, 0.1) is 5.60 Å². The molecule has 0 N–H and O–H groups in total. The summed E-state index contributed by atoms with van der Waals surface area (Å²) in [6.07, 6.45) is 9.16. The molecule has 4 heteroatoms. The van der Waals surface area contributed by atoms with Crippen molar-refractivity contribution in [1.29, 1.82) is 0 Å². The molecule has 0 radical (unpaired) electrons. The first-order chi connectivity index (χ1) is 6.82. The summed E-state index contributed by atoms with van der Waals surface area (Å²) in [6, 6.07) is 0.655. The van der Waals surface area contributed by atoms with E-state index in [1.54, 1.807) is 0 Å². The Morgan fingerprint density at radius 1 is 1.21 bits per heavy atom. The number of hydrogen-bond donors (Lipinski definition) is 0. The van der Waals surface area contributed by atoms with Gasteiger partial charge in [-0.05, 0) is 36.9 Å². The second kappa shape index (κ2) is 3.59. The van der Waals surface area contributed by atoms with Crippen molar-refractivity contribution in [3.05, 3.63) is 0 Å². The molecule has 14 heavy (non-hydrogen) atoms. The molecule has 0 bridgehead atoms. The van der Waals surface area contributed by atoms with Gasteiger partial charge in [-0.3, -0.25) is 0 Å². The molecule has 2 saturated heterocycles. The van der Waals surface area contributed by atoms with Gasteiger partial charge in [-0.2, -0.15) is 0 Å². The van der Waals surface area contributed by atoms with Gasteiger partial charge in [-0.25, -0.2) is 4.67 Å². The minimum atomic E-state index is -0.776. The summed E-state index contributed by atoms with van der Waals surface area (Å²) in [5, 5.41) is 0. The molecule has 1 saturated carbocycles. The lowest BCUT2D eigenvalue weighted by atomic mass is 9.86. The highest BCUT2D eigenvalue weighted by atomic mass is 35.7. The van der Waals surface area contributed by atoms with E-state index >= 15 is 0 Å². The van der Waals surface area contributed by atoms with E-state index in [4.69, 9.17) is 15.8 Å². The number of piperidine rings is 1. The average molecular weight is 234 g/mol. The Kier molecular flexibility index (Phi) is 2.52. The Balaban J connectivity index is 1.86. The maximum Gasteiger partial charge on any atom is 0.207 e. The average Bonchev–Trinajstić information content (AvgIpc) is 2.77. The van der Waals surface area contributed by atoms with Crippen molar-refractivity contribution in [1.82, 2.24) is 4.67 Å². The number of hydrogen-bond acceptors (Lipinski definition) is 2. The van der Waals surface area contributed by atoms with Gasteiger partial charge in [-0.15, -0.1) is 0 Å². The topological polar surface area (TPSA) is 12.5 Å². The predicted molar refractivity (Wildman–Crippen MR) is 59.4 cm³/mol. The molecule has 1 aliphatic carbocycles. The number of halogens is 1. The molecule has 3 rings (SSSR count). The summed E-state index contributed by atoms with van der Waals surface area (Å²) < 4.78 is 8.56. The van der Waals surface area contributed by atoms with Gasteiger partial charge < -0.3 is 4.52 Å². The minimum Gasteiger partial charge on any atom is -0.323 e. The molecule has 2 atom stereocenters. The van der Waals surface area contributed by atoms with Crippen LogP contribution in [-0.4, -0.2) is 22.9 Å². The summed E-state index contributed by atoms with van der Waals surface area (Å²) in [5.74, 6) is 0. The molecule has 0 aromatic carbocycles. The molecule has 1 unspecified atom stereocenters. The first-order valence-corrected chi connectivity index (χ1v) is 7.85. The molecule has 2 heterocycles. The predicted octanol–water partition coefficient (Wildman–Crippen LogP) is 3.65. The fourth-order valence-electron chi connectivity index (χ4n) is 3.30. The van der Waals surface area contributed by atoms with E-state index in [1.807, 2.05) is 0 Å². The summed E-state index contributed by atoms with van der Waals surface area (Å²) in [5.41, 5.74) is 0.174. The summed E-state index contributed by atoms with van der Waals surface area (Å²) in [4.78, 5) is 0. The highest BCUT2D eigenvalue weighted by Gasteiger charge is 2.54. The lowest BCUT2D eigenvalue weighted by molar-refractivity contribution is 0.0554. The van der Waals surface area contributed by atoms with Crippen LogP contribution in [0, 0.1) is 0 Å². The van der Waals surface area contributed by atoms with Crippen LogP contribution < -0.4 is 0 Å². The minimum absolute atomic E-state index is 0.174. The van der Waals surface area contributed by atoms with Crippen molar-refractivity contribution in [2.45, 2.75) is 56.6 Å². The fourth-order valence-corrected chi connectivity index (χ4v) is 5.81. The Morgan fingerprint density at radius 2 is 2.00 bits per heavy atom. The number of rotatable bonds is 0. The maximum atomic E-state index is 6.32. The third-order valence-corrected chi connectivity index (χ3v) is 6.18. The summed E-state index contributed by atoms with van der Waals surface area (Å²) in [7, 11) is -0.776. The fraction of sp³-hybridized carbons (Fsp3) is 1.00. The molecule has 2 nitrogen and oxygen atoms in total. The molecule has 3 aliphatic rings. The monoisotopic (exact) mass is 233 g/mol. The zero-order valence-corrected chi connectivity index (χ0v) is 10.1. The smallest absolute Gasteiger partial charge is 0.207 e. The van der Waals surface area contributed by atoms with Gasteiger partial charge >= 0.3 is 0 Å². The molecule has 2 aliphatic heterocycles. The van der Waals surface area contributed by atoms with Crippen LogP contribution in [0.5, 0.6) is 0 Å². The lowest BCUT2D eigenvalue weighted by Gasteiger charge is -2.35. The highest BCUT2D eigenvalue weighted by molar-refractivity contribution is 7.78. The molecule has 0 aromatic heterocycles. The van der Waals surface area contributed by atoms with Crippen LogP contribution in [0.2, 0.25) is 0 Å². The molecular weight excluding hydrogens is 217 g/mol. The van der Waals surface area contributed by atoms with E-state index in [0.29, 0.717) is 6.04 Å². The first kappa shape index (κ1) is 9.84. The Bertz CT molecular complexity index is 232. The Morgan fingerprint density at radius 3 is 2.79 bits per heavy atom. The lowest BCUT2D eigenvalue weighted by Crippen LogP contribution is -2.45. The van der Waals surface area contributed by atoms with Gasteiger partial charge in [0.1, 0.15) is 0 Å². The summed E-state index contributed by atoms with van der Waals surface area (Å²) in [6.45, 7) is 1.17. The third-order valence-electron chi connectivity index (χ3n) is 3.99. The molecule has 1 spiro atoms. The van der Waals surface area contributed by atoms with Crippen LogP contribution in [0.1, 0.15) is 44.9 Å². The van der Waals surface area contributed by atoms with E-state index in [1.165, 1.54) is 51.5 Å². The molecule has 80 valence electrons. The quantitative estimate of drug-likeness (QED) is 0.592. The van der Waals surface area contributed by atoms with E-state index in [-0.39, 0.29) is 5.60 Å². The highest BCUT2D eigenvalue weighted by Crippen LogP contribution is 2.64. The molecule has 3 fully saturated rings. The van der Waals surface area contributed by atoms with E-state index in [0.717, 1.165) is 0 Å². The second-order valence-electron chi connectivity index (χ2n) is 4.76. The van der Waals surface area contributed by atoms with Crippen LogP contribution in [-0.2, 0) is 4.52 Å². The number of nitrogens with zero attached hydrogens (tertiary/aromatic N) is 1. The van der Waals surface area contributed by atoms with Gasteiger partial charge in [0.2, 0.25) is 7.65 Å². The van der Waals surface area contributed by atoms with Gasteiger partial charge in [0.25, 0.3) is 0 Å². The molecule has 0 amide bonds. The molecule has 0 aromatic rings. The van der Waals surface area contributed by atoms with Crippen LogP contribution in [0.15, 0.2) is 0 Å².